The van der Waals surface area contributed by atoms with Crippen LogP contribution in [-0.4, -0.2) is 30.4 Å². The molecule has 0 heterocycles. The number of carbonyl (C=O) groups is 3. The van der Waals surface area contributed by atoms with Crippen LogP contribution in [0.2, 0.25) is 0 Å². The summed E-state index contributed by atoms with van der Waals surface area (Å²) in [7, 11) is 1.44. The van der Waals surface area contributed by atoms with E-state index in [1.165, 1.54) is 51.5 Å². The van der Waals surface area contributed by atoms with E-state index in [-0.39, 0.29) is 22.3 Å². The lowest BCUT2D eigenvalue weighted by molar-refractivity contribution is -0.140. The van der Waals surface area contributed by atoms with Gasteiger partial charge < -0.3 is 14.3 Å². The van der Waals surface area contributed by atoms with Crippen molar-refractivity contribution in [1.82, 2.24) is 0 Å². The van der Waals surface area contributed by atoms with E-state index in [9.17, 15) is 14.4 Å². The second-order valence-electron chi connectivity index (χ2n) is 7.77. The van der Waals surface area contributed by atoms with Crippen molar-refractivity contribution in [2.75, 3.05) is 12.9 Å². The molecule has 0 radical (unpaired) electrons. The van der Waals surface area contributed by atoms with Gasteiger partial charge in [-0.1, -0.05) is 105 Å². The average Bonchev–Trinajstić information content (AvgIpc) is 2.89. The van der Waals surface area contributed by atoms with E-state index in [1.807, 2.05) is 32.0 Å². The summed E-state index contributed by atoms with van der Waals surface area (Å²) in [6.45, 7) is 10.1. The van der Waals surface area contributed by atoms with Gasteiger partial charge in [-0.25, -0.2) is 0 Å². The third-order valence-electron chi connectivity index (χ3n) is 4.39. The third-order valence-corrected chi connectivity index (χ3v) is 5.94. The molecule has 0 spiro atoms. The molecule has 0 saturated carbocycles. The Bertz CT molecular complexity index is 886. The lowest BCUT2D eigenvalue weighted by Gasteiger charge is -2.35. The number of benzene rings is 3. The normalized spacial score (nSPS) is 9.64. The number of rotatable bonds is 7. The maximum absolute atomic E-state index is 11.7. The summed E-state index contributed by atoms with van der Waals surface area (Å²) in [4.78, 5) is 30.6. The van der Waals surface area contributed by atoms with E-state index in [4.69, 9.17) is 4.74 Å². The highest BCUT2D eigenvalue weighted by Gasteiger charge is 2.36. The summed E-state index contributed by atoms with van der Waals surface area (Å²) >= 11 is 1.77. The number of Topliss-reactive ketones (excluding diaryl/α,β-unsaturated/α-hetero) is 2. The molecule has 0 bridgehead atoms. The third kappa shape index (κ3) is 12.0. The lowest BCUT2D eigenvalue weighted by atomic mass is 9.84. The first-order chi connectivity index (χ1) is 17.2. The molecule has 3 aromatic rings. The smallest absolute Gasteiger partial charge is 0.306 e. The van der Waals surface area contributed by atoms with E-state index < -0.39 is 0 Å². The van der Waals surface area contributed by atoms with Gasteiger partial charge in [-0.2, -0.15) is 0 Å². The van der Waals surface area contributed by atoms with Gasteiger partial charge in [0.05, 0.1) is 18.3 Å². The molecule has 5 heteroatoms. The minimum absolute atomic E-state index is 0.167. The zero-order chi connectivity index (χ0) is 27.4. The van der Waals surface area contributed by atoms with Gasteiger partial charge in [-0.15, -0.1) is 11.8 Å². The highest BCUT2D eigenvalue weighted by molar-refractivity contribution is 8.00. The molecule has 0 aliphatic heterocycles. The number of methoxy groups -OCH3 is 1. The van der Waals surface area contributed by atoms with Crippen LogP contribution in [0.3, 0.4) is 0 Å². The molecule has 0 aliphatic rings. The summed E-state index contributed by atoms with van der Waals surface area (Å²) in [5.74, 6) is 0.825. The lowest BCUT2D eigenvalue weighted by Crippen LogP contribution is -2.26. The van der Waals surface area contributed by atoms with Gasteiger partial charge in [0.25, 0.3) is 0 Å². The highest BCUT2D eigenvalue weighted by atomic mass is 32.2. The number of hydrogen-bond acceptors (Lipinski definition) is 5. The molecule has 0 amide bonds. The molecule has 194 valence electrons. The zero-order valence-electron chi connectivity index (χ0n) is 22.6. The van der Waals surface area contributed by atoms with E-state index >= 15 is 0 Å². The number of ether oxygens (including phenoxy) is 1. The monoisotopic (exact) mass is 508 g/mol. The Labute approximate surface area is 221 Å². The second kappa shape index (κ2) is 19.1. The molecular formula is C31H40O4S. The van der Waals surface area contributed by atoms with Crippen LogP contribution in [0.5, 0.6) is 0 Å². The number of ketones is 2. The average molecular weight is 509 g/mol. The topological polar surface area (TPSA) is 60.4 Å². The Kier molecular flexibility index (Phi) is 17.4. The van der Waals surface area contributed by atoms with Crippen molar-refractivity contribution in [2.45, 2.75) is 52.7 Å². The van der Waals surface area contributed by atoms with Crippen LogP contribution in [0.4, 0.5) is 0 Å². The van der Waals surface area contributed by atoms with Crippen LogP contribution in [0.15, 0.2) is 91.0 Å². The van der Waals surface area contributed by atoms with Crippen molar-refractivity contribution in [1.29, 1.82) is 0 Å². The fourth-order valence-corrected chi connectivity index (χ4v) is 4.64. The van der Waals surface area contributed by atoms with Crippen molar-refractivity contribution in [2.24, 2.45) is 0 Å². The van der Waals surface area contributed by atoms with Crippen molar-refractivity contribution < 1.29 is 19.1 Å². The predicted molar refractivity (Wildman–Crippen MR) is 152 cm³/mol. The molecule has 0 saturated heterocycles. The van der Waals surface area contributed by atoms with Gasteiger partial charge in [-0.3, -0.25) is 4.79 Å². The molecule has 36 heavy (non-hydrogen) atoms. The van der Waals surface area contributed by atoms with Gasteiger partial charge in [0.15, 0.2) is 0 Å². The van der Waals surface area contributed by atoms with Gasteiger partial charge in [0.2, 0.25) is 0 Å². The molecule has 0 unspecified atom stereocenters. The van der Waals surface area contributed by atoms with Gasteiger partial charge >= 0.3 is 5.97 Å². The number of hydrogen-bond donors (Lipinski definition) is 0. The zero-order valence-corrected chi connectivity index (χ0v) is 23.4. The van der Waals surface area contributed by atoms with Crippen LogP contribution in [0.25, 0.3) is 0 Å². The van der Waals surface area contributed by atoms with Gasteiger partial charge in [0, 0.05) is 5.75 Å². The van der Waals surface area contributed by atoms with Crippen LogP contribution in [0, 0.1) is 0 Å². The summed E-state index contributed by atoms with van der Waals surface area (Å²) in [6, 6.07) is 31.4. The minimum atomic E-state index is -0.377. The molecule has 0 aliphatic carbocycles. The van der Waals surface area contributed by atoms with Crippen LogP contribution in [0.1, 0.15) is 64.7 Å². The molecule has 3 rings (SSSR count). The predicted octanol–water partition coefficient (Wildman–Crippen LogP) is 7.49. The summed E-state index contributed by atoms with van der Waals surface area (Å²) in [5, 5.41) is 0. The quantitative estimate of drug-likeness (QED) is 0.244. The van der Waals surface area contributed by atoms with Crippen LogP contribution in [-0.2, 0) is 23.9 Å². The van der Waals surface area contributed by atoms with Crippen molar-refractivity contribution in [3.05, 3.63) is 108 Å². The SMILES string of the molecule is CC.CC(C)=O.CC(C)=O.COC(=O)CCSC(c1ccccc1)(c1ccccc1)c1ccccc1. The summed E-state index contributed by atoms with van der Waals surface area (Å²) < 4.78 is 4.45. The Morgan fingerprint density at radius 2 is 0.917 bits per heavy atom. The molecule has 3 aromatic carbocycles. The van der Waals surface area contributed by atoms with Crippen LogP contribution >= 0.6 is 11.8 Å². The largest absolute Gasteiger partial charge is 0.469 e. The maximum atomic E-state index is 11.7. The molecule has 0 fully saturated rings. The van der Waals surface area contributed by atoms with Crippen molar-refractivity contribution in [3.8, 4) is 0 Å². The Morgan fingerprint density at radius 1 is 0.639 bits per heavy atom. The Hall–Kier alpha value is -3.18. The molecule has 0 aromatic heterocycles. The van der Waals surface area contributed by atoms with Gasteiger partial charge in [0.1, 0.15) is 11.6 Å². The van der Waals surface area contributed by atoms with E-state index in [0.29, 0.717) is 12.2 Å². The van der Waals surface area contributed by atoms with Crippen LogP contribution < -0.4 is 0 Å². The summed E-state index contributed by atoms with van der Waals surface area (Å²) in [5.41, 5.74) is 3.60. The number of carbonyl (C=O) groups excluding carboxylic acids is 3. The number of esters is 1. The number of thioether (sulfide) groups is 1. The fourth-order valence-electron chi connectivity index (χ4n) is 3.16. The van der Waals surface area contributed by atoms with E-state index in [2.05, 4.69) is 72.8 Å². The molecular weight excluding hydrogens is 468 g/mol. The first-order valence-electron chi connectivity index (χ1n) is 12.1. The molecule has 0 N–H and O–H groups in total. The Morgan fingerprint density at radius 3 is 1.17 bits per heavy atom. The van der Waals surface area contributed by atoms with E-state index in [0.717, 1.165) is 0 Å². The fraction of sp³-hybridized carbons (Fsp3) is 0.323. The van der Waals surface area contributed by atoms with Crippen molar-refractivity contribution >= 4 is 29.3 Å². The molecule has 4 nitrogen and oxygen atoms in total. The van der Waals surface area contributed by atoms with Gasteiger partial charge in [-0.05, 0) is 44.4 Å². The standard InChI is InChI=1S/C23H22O2S.2C3H6O.C2H6/c1-25-22(24)17-18-26-23(19-11-5-2-6-12-19,20-13-7-3-8-14-20)21-15-9-4-10-16-21;2*1-3(2)4;1-2/h2-16H,17-18H2,1H3;2*1-2H3;1-2H3. The first-order valence-corrected chi connectivity index (χ1v) is 13.0. The maximum Gasteiger partial charge on any atom is 0.306 e. The highest BCUT2D eigenvalue weighted by Crippen LogP contribution is 2.48. The Balaban J connectivity index is 0.00000106. The second-order valence-corrected chi connectivity index (χ2v) is 9.08. The summed E-state index contributed by atoms with van der Waals surface area (Å²) in [6.07, 6.45) is 0.384. The minimum Gasteiger partial charge on any atom is -0.469 e. The van der Waals surface area contributed by atoms with Crippen molar-refractivity contribution in [3.63, 3.8) is 0 Å². The first kappa shape index (κ1) is 32.8. The molecule has 0 atom stereocenters. The van der Waals surface area contributed by atoms with E-state index in [1.54, 1.807) is 11.8 Å².